The van der Waals surface area contributed by atoms with Gasteiger partial charge in [0.2, 0.25) is 0 Å². The lowest BCUT2D eigenvalue weighted by Gasteiger charge is -2.15. The van der Waals surface area contributed by atoms with Gasteiger partial charge in [-0.2, -0.15) is 0 Å². The highest BCUT2D eigenvalue weighted by molar-refractivity contribution is 7.91. The lowest BCUT2D eigenvalue weighted by Crippen LogP contribution is -2.22. The normalized spacial score (nSPS) is 13.2. The molecule has 0 bridgehead atoms. The van der Waals surface area contributed by atoms with Gasteiger partial charge in [0.1, 0.15) is 15.6 Å². The number of hydrogen-bond acceptors (Lipinski definition) is 4. The zero-order valence-corrected chi connectivity index (χ0v) is 12.7. The first kappa shape index (κ1) is 16.0. The van der Waals surface area contributed by atoms with Gasteiger partial charge in [-0.1, -0.05) is 19.1 Å². The fourth-order valence-corrected chi connectivity index (χ4v) is 2.66. The second-order valence-corrected chi connectivity index (χ2v) is 7.02. The Balaban J connectivity index is 2.41. The Morgan fingerprint density at radius 1 is 1.37 bits per heavy atom. The number of ether oxygens (including phenoxy) is 1. The van der Waals surface area contributed by atoms with E-state index in [0.29, 0.717) is 13.0 Å². The fourth-order valence-electron chi connectivity index (χ4n) is 1.78. The number of methoxy groups -OCH3 is 1. The summed E-state index contributed by atoms with van der Waals surface area (Å²) in [6, 6.07) is 8.06. The quantitative estimate of drug-likeness (QED) is 0.744. The predicted molar refractivity (Wildman–Crippen MR) is 78.4 cm³/mol. The lowest BCUT2D eigenvalue weighted by molar-refractivity contribution is 0.413. The summed E-state index contributed by atoms with van der Waals surface area (Å²) in [5, 5.41) is 3.33. The van der Waals surface area contributed by atoms with Gasteiger partial charge in [0.05, 0.1) is 12.9 Å². The molecule has 0 aliphatic heterocycles. The summed E-state index contributed by atoms with van der Waals surface area (Å²) in [5.74, 6) is 1.31. The van der Waals surface area contributed by atoms with E-state index < -0.39 is 9.84 Å². The topological polar surface area (TPSA) is 55.4 Å². The third-order valence-corrected chi connectivity index (χ3v) is 4.91. The standard InChI is InChI=1S/C14H23NO3S/c1-4-19(16,17)10-6-9-15-12(2)13-7-5-8-14(11-13)18-3/h5,7-8,11-12,15H,4,6,9-10H2,1-3H3/t12-/m0/s1. The van der Waals surface area contributed by atoms with Crippen molar-refractivity contribution in [2.45, 2.75) is 26.3 Å². The van der Waals surface area contributed by atoms with Crippen LogP contribution in [-0.2, 0) is 9.84 Å². The highest BCUT2D eigenvalue weighted by Crippen LogP contribution is 2.18. The Kier molecular flexibility index (Phi) is 6.31. The van der Waals surface area contributed by atoms with E-state index >= 15 is 0 Å². The third kappa shape index (κ3) is 5.61. The number of sulfone groups is 1. The second-order valence-electron chi connectivity index (χ2n) is 4.54. The van der Waals surface area contributed by atoms with E-state index in [0.717, 1.165) is 11.3 Å². The van der Waals surface area contributed by atoms with Crippen LogP contribution in [0.2, 0.25) is 0 Å². The Bertz CT molecular complexity index is 485. The van der Waals surface area contributed by atoms with Crippen LogP contribution in [0.1, 0.15) is 31.9 Å². The Labute approximate surface area is 116 Å². The van der Waals surface area contributed by atoms with Crippen LogP contribution < -0.4 is 10.1 Å². The minimum absolute atomic E-state index is 0.180. The van der Waals surface area contributed by atoms with Gasteiger partial charge in [-0.3, -0.25) is 0 Å². The van der Waals surface area contributed by atoms with Gasteiger partial charge in [0.15, 0.2) is 0 Å². The molecule has 0 fully saturated rings. The maximum atomic E-state index is 11.4. The fraction of sp³-hybridized carbons (Fsp3) is 0.571. The van der Waals surface area contributed by atoms with Gasteiger partial charge in [-0.25, -0.2) is 8.42 Å². The highest BCUT2D eigenvalue weighted by Gasteiger charge is 2.08. The Hall–Kier alpha value is -1.07. The van der Waals surface area contributed by atoms with Gasteiger partial charge >= 0.3 is 0 Å². The molecule has 0 spiro atoms. The molecule has 19 heavy (non-hydrogen) atoms. The van der Waals surface area contributed by atoms with E-state index in [-0.39, 0.29) is 17.5 Å². The van der Waals surface area contributed by atoms with Crippen LogP contribution in [0.3, 0.4) is 0 Å². The summed E-state index contributed by atoms with van der Waals surface area (Å²) in [6.45, 7) is 4.43. The van der Waals surface area contributed by atoms with Crippen LogP contribution >= 0.6 is 0 Å². The molecule has 0 radical (unpaired) electrons. The molecule has 1 rings (SSSR count). The zero-order valence-electron chi connectivity index (χ0n) is 11.8. The molecular weight excluding hydrogens is 262 g/mol. The summed E-state index contributed by atoms with van der Waals surface area (Å²) < 4.78 is 27.9. The van der Waals surface area contributed by atoms with Crippen molar-refractivity contribution >= 4 is 9.84 Å². The van der Waals surface area contributed by atoms with Crippen molar-refractivity contribution in [2.75, 3.05) is 25.2 Å². The average molecular weight is 285 g/mol. The van der Waals surface area contributed by atoms with Crippen molar-refractivity contribution in [3.8, 4) is 5.75 Å². The number of nitrogens with one attached hydrogen (secondary N) is 1. The number of rotatable bonds is 8. The summed E-state index contributed by atoms with van der Waals surface area (Å²) in [4.78, 5) is 0. The van der Waals surface area contributed by atoms with Crippen molar-refractivity contribution in [1.82, 2.24) is 5.32 Å². The van der Waals surface area contributed by atoms with Gasteiger partial charge in [0, 0.05) is 11.8 Å². The van der Waals surface area contributed by atoms with Crippen molar-refractivity contribution in [3.05, 3.63) is 29.8 Å². The molecule has 1 aromatic rings. The van der Waals surface area contributed by atoms with Gasteiger partial charge in [0.25, 0.3) is 0 Å². The van der Waals surface area contributed by atoms with Crippen molar-refractivity contribution in [1.29, 1.82) is 0 Å². The smallest absolute Gasteiger partial charge is 0.150 e. The van der Waals surface area contributed by atoms with E-state index in [9.17, 15) is 8.42 Å². The minimum Gasteiger partial charge on any atom is -0.497 e. The summed E-state index contributed by atoms with van der Waals surface area (Å²) in [7, 11) is -1.21. The largest absolute Gasteiger partial charge is 0.497 e. The van der Waals surface area contributed by atoms with Crippen molar-refractivity contribution < 1.29 is 13.2 Å². The molecule has 1 N–H and O–H groups in total. The molecule has 0 aliphatic carbocycles. The molecule has 0 saturated carbocycles. The second kappa shape index (κ2) is 7.50. The molecule has 5 heteroatoms. The summed E-state index contributed by atoms with van der Waals surface area (Å²) >= 11 is 0. The van der Waals surface area contributed by atoms with Gasteiger partial charge < -0.3 is 10.1 Å². The SMILES string of the molecule is CCS(=O)(=O)CCCN[C@@H](C)c1cccc(OC)c1. The molecule has 4 nitrogen and oxygen atoms in total. The molecule has 1 atom stereocenters. The molecule has 1 aromatic carbocycles. The van der Waals surface area contributed by atoms with E-state index in [4.69, 9.17) is 4.74 Å². The van der Waals surface area contributed by atoms with Crippen molar-refractivity contribution in [3.63, 3.8) is 0 Å². The van der Waals surface area contributed by atoms with E-state index in [1.165, 1.54) is 0 Å². The van der Waals surface area contributed by atoms with Crippen LogP contribution in [0.5, 0.6) is 5.75 Å². The van der Waals surface area contributed by atoms with Gasteiger partial charge in [-0.15, -0.1) is 0 Å². The molecule has 108 valence electrons. The van der Waals surface area contributed by atoms with Crippen LogP contribution in [0.15, 0.2) is 24.3 Å². The predicted octanol–water partition coefficient (Wildman–Crippen LogP) is 2.17. The van der Waals surface area contributed by atoms with Crippen LogP contribution in [0.25, 0.3) is 0 Å². The van der Waals surface area contributed by atoms with Crippen molar-refractivity contribution in [2.24, 2.45) is 0 Å². The monoisotopic (exact) mass is 285 g/mol. The Morgan fingerprint density at radius 2 is 2.11 bits per heavy atom. The lowest BCUT2D eigenvalue weighted by atomic mass is 10.1. The minimum atomic E-state index is -2.85. The first-order valence-corrected chi connectivity index (χ1v) is 8.38. The molecule has 0 saturated heterocycles. The first-order chi connectivity index (χ1) is 8.98. The maximum Gasteiger partial charge on any atom is 0.150 e. The third-order valence-electron chi connectivity index (χ3n) is 3.12. The number of benzene rings is 1. The summed E-state index contributed by atoms with van der Waals surface area (Å²) in [5.41, 5.74) is 1.14. The maximum absolute atomic E-state index is 11.4. The van der Waals surface area contributed by atoms with E-state index in [1.807, 2.05) is 24.3 Å². The van der Waals surface area contributed by atoms with Gasteiger partial charge in [-0.05, 0) is 37.6 Å². The Morgan fingerprint density at radius 3 is 2.74 bits per heavy atom. The van der Waals surface area contributed by atoms with Crippen LogP contribution in [0.4, 0.5) is 0 Å². The molecule has 0 heterocycles. The first-order valence-electron chi connectivity index (χ1n) is 6.56. The van der Waals surface area contributed by atoms with E-state index in [1.54, 1.807) is 14.0 Å². The molecule has 0 aromatic heterocycles. The molecular formula is C14H23NO3S. The summed E-state index contributed by atoms with van der Waals surface area (Å²) in [6.07, 6.45) is 0.643. The van der Waals surface area contributed by atoms with E-state index in [2.05, 4.69) is 12.2 Å². The molecule has 0 aliphatic rings. The van der Waals surface area contributed by atoms with Crippen LogP contribution in [0, 0.1) is 0 Å². The van der Waals surface area contributed by atoms with Crippen LogP contribution in [-0.4, -0.2) is 33.6 Å². The average Bonchev–Trinajstić information content (AvgIpc) is 2.43. The number of hydrogen-bond donors (Lipinski definition) is 1. The highest BCUT2D eigenvalue weighted by atomic mass is 32.2. The molecule has 0 unspecified atom stereocenters. The zero-order chi connectivity index (χ0) is 14.3. The molecule has 0 amide bonds.